The number of piperidine rings is 1. The number of hydrogen-bond donors (Lipinski definition) is 2. The number of hydrogen-bond acceptors (Lipinski definition) is 4. The smallest absolute Gasteiger partial charge is 0.407 e. The average molecular weight is 300 g/mol. The van der Waals surface area contributed by atoms with Crippen molar-refractivity contribution in [1.82, 2.24) is 10.2 Å². The van der Waals surface area contributed by atoms with Crippen LogP contribution in [0.5, 0.6) is 0 Å². The van der Waals surface area contributed by atoms with E-state index in [2.05, 4.69) is 24.1 Å². The van der Waals surface area contributed by atoms with E-state index < -0.39 is 5.97 Å². The molecule has 1 aliphatic rings. The number of carboxylic acid groups (broad SMARTS) is 1. The van der Waals surface area contributed by atoms with Gasteiger partial charge >= 0.3 is 12.1 Å². The third-order valence-electron chi connectivity index (χ3n) is 4.14. The van der Waals surface area contributed by atoms with Gasteiger partial charge in [0.15, 0.2) is 0 Å². The SMILES string of the molecule is CCOC(=O)NC1CC(CCC(=O)O)CN(C(C)CC)C1. The summed E-state index contributed by atoms with van der Waals surface area (Å²) in [6.07, 6.45) is 2.32. The van der Waals surface area contributed by atoms with E-state index in [1.165, 1.54) is 0 Å². The van der Waals surface area contributed by atoms with Crippen LogP contribution in [-0.2, 0) is 9.53 Å². The first-order valence-corrected chi connectivity index (χ1v) is 7.85. The van der Waals surface area contributed by atoms with Gasteiger partial charge in [-0.05, 0) is 39.0 Å². The molecular weight excluding hydrogens is 272 g/mol. The monoisotopic (exact) mass is 300 g/mol. The Hall–Kier alpha value is -1.30. The van der Waals surface area contributed by atoms with Crippen LogP contribution >= 0.6 is 0 Å². The van der Waals surface area contributed by atoms with Gasteiger partial charge in [0.25, 0.3) is 0 Å². The second-order valence-corrected chi connectivity index (χ2v) is 5.81. The summed E-state index contributed by atoms with van der Waals surface area (Å²) in [6.45, 7) is 8.15. The minimum atomic E-state index is -0.759. The van der Waals surface area contributed by atoms with Crippen molar-refractivity contribution < 1.29 is 19.4 Å². The fraction of sp³-hybridized carbons (Fsp3) is 0.867. The zero-order valence-electron chi connectivity index (χ0n) is 13.3. The number of amides is 1. The molecule has 3 unspecified atom stereocenters. The molecule has 1 rings (SSSR count). The molecule has 0 bridgehead atoms. The third kappa shape index (κ3) is 6.33. The molecule has 6 heteroatoms. The fourth-order valence-corrected chi connectivity index (χ4v) is 2.84. The van der Waals surface area contributed by atoms with Gasteiger partial charge in [-0.15, -0.1) is 0 Å². The van der Waals surface area contributed by atoms with Crippen LogP contribution in [0.2, 0.25) is 0 Å². The van der Waals surface area contributed by atoms with E-state index in [9.17, 15) is 9.59 Å². The average Bonchev–Trinajstić information content (AvgIpc) is 2.44. The van der Waals surface area contributed by atoms with E-state index in [0.717, 1.165) is 25.9 Å². The number of alkyl carbamates (subject to hydrolysis) is 1. The van der Waals surface area contributed by atoms with Crippen molar-refractivity contribution in [3.63, 3.8) is 0 Å². The normalized spacial score (nSPS) is 24.3. The highest BCUT2D eigenvalue weighted by molar-refractivity contribution is 5.67. The third-order valence-corrected chi connectivity index (χ3v) is 4.14. The van der Waals surface area contributed by atoms with Gasteiger partial charge in [-0.25, -0.2) is 4.79 Å². The number of likely N-dealkylation sites (tertiary alicyclic amines) is 1. The summed E-state index contributed by atoms with van der Waals surface area (Å²) in [5.74, 6) is -0.457. The van der Waals surface area contributed by atoms with Crippen LogP contribution in [0.3, 0.4) is 0 Å². The van der Waals surface area contributed by atoms with Crippen LogP contribution < -0.4 is 5.32 Å². The Morgan fingerprint density at radius 2 is 2.10 bits per heavy atom. The maximum atomic E-state index is 11.6. The minimum absolute atomic E-state index is 0.0330. The lowest BCUT2D eigenvalue weighted by molar-refractivity contribution is -0.137. The van der Waals surface area contributed by atoms with Gasteiger partial charge in [-0.3, -0.25) is 9.69 Å². The molecule has 21 heavy (non-hydrogen) atoms. The summed E-state index contributed by atoms with van der Waals surface area (Å²) in [5, 5.41) is 11.7. The van der Waals surface area contributed by atoms with Crippen molar-refractivity contribution in [3.05, 3.63) is 0 Å². The first-order valence-electron chi connectivity index (χ1n) is 7.85. The van der Waals surface area contributed by atoms with E-state index in [1.54, 1.807) is 6.92 Å². The Bertz CT molecular complexity index is 349. The number of carbonyl (C=O) groups excluding carboxylic acids is 1. The largest absolute Gasteiger partial charge is 0.481 e. The van der Waals surface area contributed by atoms with E-state index in [1.807, 2.05) is 0 Å². The van der Waals surface area contributed by atoms with Crippen molar-refractivity contribution in [2.75, 3.05) is 19.7 Å². The second kappa shape index (κ2) is 8.87. The summed E-state index contributed by atoms with van der Waals surface area (Å²) in [7, 11) is 0. The summed E-state index contributed by atoms with van der Waals surface area (Å²) in [4.78, 5) is 24.7. The maximum Gasteiger partial charge on any atom is 0.407 e. The predicted octanol–water partition coefficient (Wildman–Crippen LogP) is 2.09. The Morgan fingerprint density at radius 1 is 1.38 bits per heavy atom. The second-order valence-electron chi connectivity index (χ2n) is 5.81. The van der Waals surface area contributed by atoms with E-state index in [0.29, 0.717) is 25.0 Å². The lowest BCUT2D eigenvalue weighted by atomic mass is 9.89. The molecule has 1 heterocycles. The van der Waals surface area contributed by atoms with E-state index in [4.69, 9.17) is 9.84 Å². The van der Waals surface area contributed by atoms with Crippen molar-refractivity contribution >= 4 is 12.1 Å². The molecule has 1 saturated heterocycles. The molecule has 122 valence electrons. The van der Waals surface area contributed by atoms with Gasteiger partial charge in [0.05, 0.1) is 6.61 Å². The Labute approximate surface area is 126 Å². The van der Waals surface area contributed by atoms with Crippen LogP contribution in [0, 0.1) is 5.92 Å². The van der Waals surface area contributed by atoms with Crippen molar-refractivity contribution in [1.29, 1.82) is 0 Å². The quantitative estimate of drug-likeness (QED) is 0.752. The van der Waals surface area contributed by atoms with Crippen LogP contribution in [0.4, 0.5) is 4.79 Å². The van der Waals surface area contributed by atoms with Gasteiger partial charge in [-0.2, -0.15) is 0 Å². The Kier molecular flexibility index (Phi) is 7.50. The first-order chi connectivity index (χ1) is 9.96. The zero-order valence-corrected chi connectivity index (χ0v) is 13.3. The fourth-order valence-electron chi connectivity index (χ4n) is 2.84. The lowest BCUT2D eigenvalue weighted by Crippen LogP contribution is -2.53. The predicted molar refractivity (Wildman–Crippen MR) is 80.2 cm³/mol. The molecular formula is C15H28N2O4. The van der Waals surface area contributed by atoms with Crippen molar-refractivity contribution in [2.24, 2.45) is 5.92 Å². The summed E-state index contributed by atoms with van der Waals surface area (Å²) < 4.78 is 4.94. The topological polar surface area (TPSA) is 78.9 Å². The maximum absolute atomic E-state index is 11.6. The standard InChI is InChI=1S/C15H28N2O4/c1-4-11(3)17-9-12(6-7-14(18)19)8-13(10-17)16-15(20)21-5-2/h11-13H,4-10H2,1-3H3,(H,16,20)(H,18,19). The molecule has 2 N–H and O–H groups in total. The molecule has 1 aliphatic heterocycles. The molecule has 1 amide bonds. The Morgan fingerprint density at radius 3 is 2.67 bits per heavy atom. The number of nitrogens with one attached hydrogen (secondary N) is 1. The van der Waals surface area contributed by atoms with Gasteiger partial charge in [0.2, 0.25) is 0 Å². The minimum Gasteiger partial charge on any atom is -0.481 e. The molecule has 0 radical (unpaired) electrons. The molecule has 0 aromatic heterocycles. The highest BCUT2D eigenvalue weighted by atomic mass is 16.5. The van der Waals surface area contributed by atoms with Gasteiger partial charge in [0, 0.05) is 31.6 Å². The summed E-state index contributed by atoms with van der Waals surface area (Å²) >= 11 is 0. The number of rotatable bonds is 7. The van der Waals surface area contributed by atoms with E-state index in [-0.39, 0.29) is 18.6 Å². The molecule has 0 saturated carbocycles. The molecule has 0 spiro atoms. The molecule has 3 atom stereocenters. The zero-order chi connectivity index (χ0) is 15.8. The lowest BCUT2D eigenvalue weighted by Gasteiger charge is -2.40. The summed E-state index contributed by atoms with van der Waals surface area (Å²) in [5.41, 5.74) is 0. The van der Waals surface area contributed by atoms with Crippen LogP contribution in [-0.4, -0.2) is 53.8 Å². The first kappa shape index (κ1) is 17.8. The molecule has 0 aromatic rings. The van der Waals surface area contributed by atoms with Crippen molar-refractivity contribution in [2.45, 2.75) is 58.5 Å². The van der Waals surface area contributed by atoms with Crippen molar-refractivity contribution in [3.8, 4) is 0 Å². The van der Waals surface area contributed by atoms with Crippen LogP contribution in [0.15, 0.2) is 0 Å². The van der Waals surface area contributed by atoms with E-state index >= 15 is 0 Å². The van der Waals surface area contributed by atoms with Gasteiger partial charge in [-0.1, -0.05) is 6.92 Å². The van der Waals surface area contributed by atoms with Gasteiger partial charge in [0.1, 0.15) is 0 Å². The summed E-state index contributed by atoms with van der Waals surface area (Å²) in [6, 6.07) is 0.467. The number of carbonyl (C=O) groups is 2. The molecule has 0 aromatic carbocycles. The van der Waals surface area contributed by atoms with Gasteiger partial charge < -0.3 is 15.2 Å². The van der Waals surface area contributed by atoms with Crippen LogP contribution in [0.1, 0.15) is 46.5 Å². The number of carboxylic acids is 1. The highest BCUT2D eigenvalue weighted by Gasteiger charge is 2.30. The molecule has 6 nitrogen and oxygen atoms in total. The molecule has 1 fully saturated rings. The van der Waals surface area contributed by atoms with Crippen LogP contribution in [0.25, 0.3) is 0 Å². The number of aliphatic carboxylic acids is 1. The highest BCUT2D eigenvalue weighted by Crippen LogP contribution is 2.24. The molecule has 0 aliphatic carbocycles. The Balaban J connectivity index is 2.60. The number of ether oxygens (including phenoxy) is 1. The number of nitrogens with zero attached hydrogens (tertiary/aromatic N) is 1.